The van der Waals surface area contributed by atoms with Gasteiger partial charge in [0, 0.05) is 0 Å². The molecule has 0 aromatic heterocycles. The van der Waals surface area contributed by atoms with Crippen molar-refractivity contribution in [3.63, 3.8) is 0 Å². The quantitative estimate of drug-likeness (QED) is 0.764. The van der Waals surface area contributed by atoms with Crippen LogP contribution in [0.4, 0.5) is 4.79 Å². The van der Waals surface area contributed by atoms with Gasteiger partial charge in [0.05, 0.1) is 18.4 Å². The van der Waals surface area contributed by atoms with E-state index >= 15 is 0 Å². The Morgan fingerprint density at radius 1 is 1.50 bits per heavy atom. The van der Waals surface area contributed by atoms with Crippen molar-refractivity contribution >= 4 is 6.09 Å². The van der Waals surface area contributed by atoms with Crippen LogP contribution in [0.25, 0.3) is 0 Å². The highest BCUT2D eigenvalue weighted by molar-refractivity contribution is 5.68. The Kier molecular flexibility index (Phi) is 4.54. The molecular weight excluding hydrogens is 206 g/mol. The van der Waals surface area contributed by atoms with Crippen molar-refractivity contribution < 1.29 is 14.6 Å². The Morgan fingerprint density at radius 2 is 2.12 bits per heavy atom. The summed E-state index contributed by atoms with van der Waals surface area (Å²) < 4.78 is 4.50. The molecule has 0 aliphatic carbocycles. The lowest BCUT2D eigenvalue weighted by atomic mass is 10.0. The van der Waals surface area contributed by atoms with Crippen LogP contribution < -0.4 is 5.32 Å². The zero-order chi connectivity index (χ0) is 12.0. The lowest BCUT2D eigenvalue weighted by Gasteiger charge is -2.19. The number of aliphatic hydroxyl groups excluding tert-OH is 1. The predicted molar refractivity (Wildman–Crippen MR) is 60.7 cm³/mol. The highest BCUT2D eigenvalue weighted by Gasteiger charge is 2.18. The van der Waals surface area contributed by atoms with Crippen molar-refractivity contribution in [1.29, 1.82) is 0 Å². The molecule has 0 bridgehead atoms. The largest absolute Gasteiger partial charge is 0.419 e. The number of carbonyl (C=O) groups is 1. The maximum absolute atomic E-state index is 11.1. The topological polar surface area (TPSA) is 58.6 Å². The van der Waals surface area contributed by atoms with Gasteiger partial charge in [-0.05, 0) is 12.5 Å². The normalized spacial score (nSPS) is 13.6. The Labute approximate surface area is 94.6 Å². The monoisotopic (exact) mass is 221 g/mol. The van der Waals surface area contributed by atoms with Crippen molar-refractivity contribution in [1.82, 2.24) is 5.32 Å². The molecule has 2 unspecified atom stereocenters. The van der Waals surface area contributed by atoms with Gasteiger partial charge in [-0.15, -0.1) is 0 Å². The molecule has 2 N–H and O–H groups in total. The van der Waals surface area contributed by atoms with E-state index in [0.29, 0.717) is 0 Å². The van der Waals surface area contributed by atoms with Gasteiger partial charge in [-0.25, -0.2) is 4.79 Å². The lowest BCUT2D eigenvalue weighted by molar-refractivity contribution is 0.125. The summed E-state index contributed by atoms with van der Waals surface area (Å²) in [5.74, 6) is 0. The fourth-order valence-corrected chi connectivity index (χ4v) is 1.31. The van der Waals surface area contributed by atoms with Crippen LogP contribution in [0.2, 0.25) is 0 Å². The van der Waals surface area contributed by atoms with Crippen LogP contribution in [0.3, 0.4) is 0 Å². The zero-order valence-electron chi connectivity index (χ0n) is 9.09. The average molecular weight is 221 g/mol. The van der Waals surface area contributed by atoms with Gasteiger partial charge in [0.2, 0.25) is 0 Å². The number of carbonyl (C=O) groups excluding carboxylic acids is 1. The fraction of sp³-hybridized carbons (Fsp3) is 0.250. The molecule has 4 heteroatoms. The molecule has 0 aliphatic rings. The smallest absolute Gasteiger partial charge is 0.412 e. The Morgan fingerprint density at radius 3 is 2.69 bits per heavy atom. The van der Waals surface area contributed by atoms with Crippen LogP contribution >= 0.6 is 0 Å². The molecule has 0 radical (unpaired) electrons. The molecule has 1 aromatic rings. The maximum Gasteiger partial charge on any atom is 0.412 e. The van der Waals surface area contributed by atoms with E-state index in [0.717, 1.165) is 11.8 Å². The van der Waals surface area contributed by atoms with Gasteiger partial charge in [0.1, 0.15) is 0 Å². The lowest BCUT2D eigenvalue weighted by Crippen LogP contribution is -2.36. The van der Waals surface area contributed by atoms with Crippen LogP contribution in [-0.2, 0) is 4.74 Å². The summed E-state index contributed by atoms with van der Waals surface area (Å²) in [6.45, 7) is 4.96. The molecule has 2 atom stereocenters. The van der Waals surface area contributed by atoms with Crippen LogP contribution in [0, 0.1) is 0 Å². The Hall–Kier alpha value is -1.81. The van der Waals surface area contributed by atoms with Gasteiger partial charge in [-0.3, -0.25) is 0 Å². The summed E-state index contributed by atoms with van der Waals surface area (Å²) in [7, 11) is 0. The second kappa shape index (κ2) is 5.92. The van der Waals surface area contributed by atoms with Gasteiger partial charge < -0.3 is 15.2 Å². The third-order valence-corrected chi connectivity index (χ3v) is 2.15. The molecule has 0 aliphatic heterocycles. The molecule has 4 nitrogen and oxygen atoms in total. The third-order valence-electron chi connectivity index (χ3n) is 2.15. The van der Waals surface area contributed by atoms with Crippen molar-refractivity contribution in [3.8, 4) is 0 Å². The minimum Gasteiger partial charge on any atom is -0.419 e. The summed E-state index contributed by atoms with van der Waals surface area (Å²) in [6.07, 6.45) is -0.354. The molecule has 0 fully saturated rings. The number of rotatable bonds is 4. The summed E-state index contributed by atoms with van der Waals surface area (Å²) in [6, 6.07) is 8.67. The number of alkyl carbamates (subject to hydrolysis) is 1. The highest BCUT2D eigenvalue weighted by Crippen LogP contribution is 2.15. The second-order valence-electron chi connectivity index (χ2n) is 3.36. The standard InChI is InChI=1S/C12H15NO3/c1-3-16-12(15)13-9(2)11(14)10-7-5-4-6-8-10/h3-9,11,14H,1H2,2H3,(H,13,15). The molecule has 1 rings (SSSR count). The Bertz CT molecular complexity index is 351. The number of ether oxygens (including phenoxy) is 1. The van der Waals surface area contributed by atoms with E-state index in [-0.39, 0.29) is 0 Å². The van der Waals surface area contributed by atoms with E-state index in [1.54, 1.807) is 19.1 Å². The predicted octanol–water partition coefficient (Wildman–Crippen LogP) is 1.98. The van der Waals surface area contributed by atoms with E-state index in [1.807, 2.05) is 18.2 Å². The first kappa shape index (κ1) is 12.3. The van der Waals surface area contributed by atoms with Crippen LogP contribution in [0.5, 0.6) is 0 Å². The van der Waals surface area contributed by atoms with Crippen molar-refractivity contribution in [2.24, 2.45) is 0 Å². The number of hydrogen-bond acceptors (Lipinski definition) is 3. The molecule has 86 valence electrons. The van der Waals surface area contributed by atoms with Gasteiger partial charge in [0.15, 0.2) is 0 Å². The minimum atomic E-state index is -0.765. The van der Waals surface area contributed by atoms with Gasteiger partial charge in [-0.2, -0.15) is 0 Å². The molecule has 16 heavy (non-hydrogen) atoms. The zero-order valence-corrected chi connectivity index (χ0v) is 9.09. The summed E-state index contributed by atoms with van der Waals surface area (Å²) in [5, 5.41) is 12.4. The third kappa shape index (κ3) is 3.40. The van der Waals surface area contributed by atoms with Crippen molar-refractivity contribution in [2.75, 3.05) is 0 Å². The van der Waals surface area contributed by atoms with Crippen molar-refractivity contribution in [2.45, 2.75) is 19.1 Å². The van der Waals surface area contributed by atoms with Crippen molar-refractivity contribution in [3.05, 3.63) is 48.7 Å². The molecule has 0 saturated carbocycles. The Balaban J connectivity index is 2.57. The number of nitrogens with one attached hydrogen (secondary N) is 1. The van der Waals surface area contributed by atoms with Gasteiger partial charge in [-0.1, -0.05) is 36.9 Å². The molecule has 0 spiro atoms. The van der Waals surface area contributed by atoms with E-state index in [2.05, 4.69) is 16.6 Å². The molecule has 0 saturated heterocycles. The first-order chi connectivity index (χ1) is 7.65. The van der Waals surface area contributed by atoms with E-state index in [9.17, 15) is 9.90 Å². The average Bonchev–Trinajstić information content (AvgIpc) is 2.29. The van der Waals surface area contributed by atoms with Crippen LogP contribution in [0.15, 0.2) is 43.2 Å². The molecule has 0 heterocycles. The summed E-state index contributed by atoms with van der Waals surface area (Å²) >= 11 is 0. The number of aliphatic hydroxyl groups is 1. The van der Waals surface area contributed by atoms with Gasteiger partial charge in [0.25, 0.3) is 0 Å². The van der Waals surface area contributed by atoms with Gasteiger partial charge >= 0.3 is 6.09 Å². The molecular formula is C12H15NO3. The SMILES string of the molecule is C=COC(=O)NC(C)C(O)c1ccccc1. The number of amides is 1. The first-order valence-electron chi connectivity index (χ1n) is 4.96. The maximum atomic E-state index is 11.1. The number of benzene rings is 1. The molecule has 1 amide bonds. The summed E-state index contributed by atoms with van der Waals surface area (Å²) in [4.78, 5) is 11.1. The summed E-state index contributed by atoms with van der Waals surface area (Å²) in [5.41, 5.74) is 0.744. The van der Waals surface area contributed by atoms with Crippen LogP contribution in [-0.4, -0.2) is 17.2 Å². The number of hydrogen-bond donors (Lipinski definition) is 2. The fourth-order valence-electron chi connectivity index (χ4n) is 1.31. The van der Waals surface area contributed by atoms with Crippen LogP contribution in [0.1, 0.15) is 18.6 Å². The minimum absolute atomic E-state index is 0.435. The highest BCUT2D eigenvalue weighted by atomic mass is 16.5. The van der Waals surface area contributed by atoms with E-state index < -0.39 is 18.2 Å². The second-order valence-corrected chi connectivity index (χ2v) is 3.36. The van der Waals surface area contributed by atoms with E-state index in [4.69, 9.17) is 0 Å². The van der Waals surface area contributed by atoms with E-state index in [1.165, 1.54) is 0 Å². The molecule has 1 aromatic carbocycles. The first-order valence-corrected chi connectivity index (χ1v) is 4.96.